The Hall–Kier alpha value is -0.740. The summed E-state index contributed by atoms with van der Waals surface area (Å²) in [5.41, 5.74) is 8.19. The SMILES string of the molecule is Cc1nc2cc(SC3CCCCC3)c(N)cc2s1. The monoisotopic (exact) mass is 278 g/mol. The number of fused-ring (bicyclic) bond motifs is 1. The van der Waals surface area contributed by atoms with E-state index in [1.54, 1.807) is 11.3 Å². The number of anilines is 1. The number of nitrogen functional groups attached to an aromatic ring is 1. The van der Waals surface area contributed by atoms with Gasteiger partial charge in [-0.05, 0) is 31.9 Å². The molecular formula is C14H18N2S2. The molecule has 0 bridgehead atoms. The third kappa shape index (κ3) is 2.50. The Bertz CT molecular complexity index is 556. The summed E-state index contributed by atoms with van der Waals surface area (Å²) in [5, 5.41) is 1.86. The Kier molecular flexibility index (Phi) is 3.48. The van der Waals surface area contributed by atoms with Crippen LogP contribution in [0.3, 0.4) is 0 Å². The molecule has 0 radical (unpaired) electrons. The summed E-state index contributed by atoms with van der Waals surface area (Å²) >= 11 is 3.68. The van der Waals surface area contributed by atoms with Crippen molar-refractivity contribution in [1.29, 1.82) is 0 Å². The highest BCUT2D eigenvalue weighted by molar-refractivity contribution is 8.00. The lowest BCUT2D eigenvalue weighted by Gasteiger charge is -2.21. The largest absolute Gasteiger partial charge is 0.398 e. The number of aryl methyl sites for hydroxylation is 1. The van der Waals surface area contributed by atoms with Gasteiger partial charge in [-0.2, -0.15) is 0 Å². The summed E-state index contributed by atoms with van der Waals surface area (Å²) in [4.78, 5) is 5.78. The first-order chi connectivity index (χ1) is 8.72. The highest BCUT2D eigenvalue weighted by Crippen LogP contribution is 2.38. The molecule has 1 saturated carbocycles. The molecule has 0 saturated heterocycles. The van der Waals surface area contributed by atoms with E-state index in [9.17, 15) is 0 Å². The third-order valence-corrected chi connectivity index (χ3v) is 5.82. The maximum atomic E-state index is 6.17. The van der Waals surface area contributed by atoms with Gasteiger partial charge in [-0.25, -0.2) is 4.98 Å². The molecule has 18 heavy (non-hydrogen) atoms. The van der Waals surface area contributed by atoms with E-state index < -0.39 is 0 Å². The van der Waals surface area contributed by atoms with Gasteiger partial charge < -0.3 is 5.73 Å². The second kappa shape index (κ2) is 5.10. The quantitative estimate of drug-likeness (QED) is 0.815. The topological polar surface area (TPSA) is 38.9 Å². The molecule has 4 heteroatoms. The number of aromatic nitrogens is 1. The zero-order chi connectivity index (χ0) is 12.5. The molecule has 1 aromatic heterocycles. The van der Waals surface area contributed by atoms with Crippen molar-refractivity contribution in [3.05, 3.63) is 17.1 Å². The molecule has 0 unspecified atom stereocenters. The third-order valence-electron chi connectivity index (χ3n) is 3.47. The summed E-state index contributed by atoms with van der Waals surface area (Å²) in [6.45, 7) is 2.05. The summed E-state index contributed by atoms with van der Waals surface area (Å²) in [6.07, 6.45) is 6.80. The lowest BCUT2D eigenvalue weighted by Crippen LogP contribution is -2.08. The molecule has 0 aliphatic heterocycles. The van der Waals surface area contributed by atoms with E-state index in [4.69, 9.17) is 5.73 Å². The van der Waals surface area contributed by atoms with Crippen molar-refractivity contribution in [1.82, 2.24) is 4.98 Å². The molecule has 1 aromatic carbocycles. The van der Waals surface area contributed by atoms with Crippen LogP contribution >= 0.6 is 23.1 Å². The number of hydrogen-bond acceptors (Lipinski definition) is 4. The molecule has 0 spiro atoms. The van der Waals surface area contributed by atoms with Crippen molar-refractivity contribution < 1.29 is 0 Å². The summed E-state index contributed by atoms with van der Waals surface area (Å²) in [5.74, 6) is 0. The van der Waals surface area contributed by atoms with Crippen LogP contribution in [0.1, 0.15) is 37.1 Å². The van der Waals surface area contributed by atoms with Crippen LogP contribution in [0.2, 0.25) is 0 Å². The van der Waals surface area contributed by atoms with E-state index in [-0.39, 0.29) is 0 Å². The Balaban J connectivity index is 1.88. The van der Waals surface area contributed by atoms with Crippen LogP contribution in [-0.4, -0.2) is 10.2 Å². The molecule has 2 aromatic rings. The number of thiazole rings is 1. The van der Waals surface area contributed by atoms with Crippen LogP contribution in [0.15, 0.2) is 17.0 Å². The highest BCUT2D eigenvalue weighted by Gasteiger charge is 2.16. The average molecular weight is 278 g/mol. The van der Waals surface area contributed by atoms with Crippen LogP contribution in [0, 0.1) is 6.92 Å². The summed E-state index contributed by atoms with van der Waals surface area (Å²) in [6, 6.07) is 4.26. The van der Waals surface area contributed by atoms with E-state index in [1.165, 1.54) is 41.7 Å². The van der Waals surface area contributed by atoms with E-state index in [0.29, 0.717) is 0 Å². The van der Waals surface area contributed by atoms with Gasteiger partial charge in [-0.15, -0.1) is 23.1 Å². The Labute approximate surface area is 116 Å². The average Bonchev–Trinajstić information content (AvgIpc) is 2.70. The van der Waals surface area contributed by atoms with Gasteiger partial charge in [0.05, 0.1) is 15.2 Å². The molecule has 2 N–H and O–H groups in total. The lowest BCUT2D eigenvalue weighted by molar-refractivity contribution is 0.516. The standard InChI is InChI=1S/C14H18N2S2/c1-9-16-12-8-13(11(15)7-14(12)17-9)18-10-5-3-2-4-6-10/h7-8,10H,2-6,15H2,1H3. The predicted octanol–water partition coefficient (Wildman–Crippen LogP) is 4.61. The Morgan fingerprint density at radius 3 is 2.83 bits per heavy atom. The Morgan fingerprint density at radius 2 is 2.06 bits per heavy atom. The molecule has 3 rings (SSSR count). The summed E-state index contributed by atoms with van der Waals surface area (Å²) in [7, 11) is 0. The van der Waals surface area contributed by atoms with Gasteiger partial charge >= 0.3 is 0 Å². The van der Waals surface area contributed by atoms with Crippen molar-refractivity contribution in [3.8, 4) is 0 Å². The van der Waals surface area contributed by atoms with Crippen LogP contribution < -0.4 is 5.73 Å². The minimum absolute atomic E-state index is 0.748. The number of hydrogen-bond donors (Lipinski definition) is 1. The first-order valence-corrected chi connectivity index (χ1v) is 8.25. The summed E-state index contributed by atoms with van der Waals surface area (Å²) < 4.78 is 1.21. The normalized spacial score (nSPS) is 17.4. The van der Waals surface area contributed by atoms with Crippen molar-refractivity contribution in [2.75, 3.05) is 5.73 Å². The fourth-order valence-corrected chi connectivity index (χ4v) is 4.71. The van der Waals surface area contributed by atoms with Gasteiger partial charge in [0.1, 0.15) is 0 Å². The van der Waals surface area contributed by atoms with Gasteiger partial charge in [-0.3, -0.25) is 0 Å². The maximum Gasteiger partial charge on any atom is 0.0907 e. The van der Waals surface area contributed by atoms with Crippen LogP contribution in [-0.2, 0) is 0 Å². The smallest absolute Gasteiger partial charge is 0.0907 e. The van der Waals surface area contributed by atoms with Crippen molar-refractivity contribution in [2.45, 2.75) is 49.2 Å². The van der Waals surface area contributed by atoms with E-state index in [2.05, 4.69) is 24.0 Å². The van der Waals surface area contributed by atoms with Crippen molar-refractivity contribution >= 4 is 39.0 Å². The molecule has 1 heterocycles. The zero-order valence-electron chi connectivity index (χ0n) is 10.6. The number of nitrogens with two attached hydrogens (primary N) is 1. The predicted molar refractivity (Wildman–Crippen MR) is 81.5 cm³/mol. The minimum atomic E-state index is 0.748. The molecule has 0 atom stereocenters. The molecule has 2 nitrogen and oxygen atoms in total. The van der Waals surface area contributed by atoms with E-state index in [1.807, 2.05) is 11.8 Å². The lowest BCUT2D eigenvalue weighted by atomic mass is 10.0. The number of benzene rings is 1. The first-order valence-electron chi connectivity index (χ1n) is 6.56. The van der Waals surface area contributed by atoms with Gasteiger partial charge in [0.15, 0.2) is 0 Å². The van der Waals surface area contributed by atoms with Gasteiger partial charge in [-0.1, -0.05) is 19.3 Å². The number of nitrogens with zero attached hydrogens (tertiary/aromatic N) is 1. The second-order valence-corrected chi connectivity index (χ2v) is 7.55. The van der Waals surface area contributed by atoms with Crippen LogP contribution in [0.25, 0.3) is 10.2 Å². The van der Waals surface area contributed by atoms with E-state index in [0.717, 1.165) is 21.5 Å². The highest BCUT2D eigenvalue weighted by atomic mass is 32.2. The van der Waals surface area contributed by atoms with Crippen molar-refractivity contribution in [2.24, 2.45) is 0 Å². The minimum Gasteiger partial charge on any atom is -0.398 e. The zero-order valence-corrected chi connectivity index (χ0v) is 12.2. The maximum absolute atomic E-state index is 6.17. The van der Waals surface area contributed by atoms with Crippen molar-refractivity contribution in [3.63, 3.8) is 0 Å². The number of thioether (sulfide) groups is 1. The van der Waals surface area contributed by atoms with Gasteiger partial charge in [0.2, 0.25) is 0 Å². The molecular weight excluding hydrogens is 260 g/mol. The van der Waals surface area contributed by atoms with Gasteiger partial charge in [0, 0.05) is 15.8 Å². The molecule has 1 aliphatic rings. The van der Waals surface area contributed by atoms with E-state index >= 15 is 0 Å². The first kappa shape index (κ1) is 12.3. The number of rotatable bonds is 2. The Morgan fingerprint density at radius 1 is 1.28 bits per heavy atom. The fraction of sp³-hybridized carbons (Fsp3) is 0.500. The van der Waals surface area contributed by atoms with Crippen LogP contribution in [0.5, 0.6) is 0 Å². The molecule has 1 fully saturated rings. The molecule has 1 aliphatic carbocycles. The fourth-order valence-electron chi connectivity index (χ4n) is 2.55. The molecule has 96 valence electrons. The van der Waals surface area contributed by atoms with Gasteiger partial charge in [0.25, 0.3) is 0 Å². The molecule has 0 amide bonds. The second-order valence-electron chi connectivity index (χ2n) is 4.97. The van der Waals surface area contributed by atoms with Crippen LogP contribution in [0.4, 0.5) is 5.69 Å².